The van der Waals surface area contributed by atoms with Crippen LogP contribution < -0.4 is 0 Å². The summed E-state index contributed by atoms with van der Waals surface area (Å²) in [6, 6.07) is 0. The fourth-order valence-electron chi connectivity index (χ4n) is 0.207. The number of carboxylic acid groups (broad SMARTS) is 2. The zero-order valence-corrected chi connectivity index (χ0v) is 6.10. The van der Waals surface area contributed by atoms with Gasteiger partial charge in [-0.05, 0) is 0 Å². The Morgan fingerprint density at radius 3 is 1.64 bits per heavy atom. The van der Waals surface area contributed by atoms with E-state index >= 15 is 0 Å². The highest BCUT2D eigenvalue weighted by Gasteiger charge is 1.99. The molecule has 0 aromatic carbocycles. The molecule has 0 radical (unpaired) electrons. The number of rotatable bonds is 3. The summed E-state index contributed by atoms with van der Waals surface area (Å²) in [5.74, 6) is 0. The van der Waals surface area contributed by atoms with Gasteiger partial charge < -0.3 is 25.2 Å². The van der Waals surface area contributed by atoms with E-state index in [1.807, 2.05) is 0 Å². The topological polar surface area (TPSA) is 107 Å². The average molecular weight is 168 g/mol. The Morgan fingerprint density at radius 2 is 1.64 bits per heavy atom. The van der Waals surface area contributed by atoms with Gasteiger partial charge >= 0.3 is 6.16 Å². The lowest BCUT2D eigenvalue weighted by atomic mass is 10.4. The number of aliphatic hydroxyl groups is 2. The Kier molecular flexibility index (Phi) is 10.6. The van der Waals surface area contributed by atoms with E-state index in [2.05, 4.69) is 4.74 Å². The molecule has 11 heavy (non-hydrogen) atoms. The van der Waals surface area contributed by atoms with E-state index in [0.717, 1.165) is 0 Å². The summed E-state index contributed by atoms with van der Waals surface area (Å²) in [7, 11) is 1.44. The number of carbonyl (C=O) groups is 1. The third kappa shape index (κ3) is 17.6. The van der Waals surface area contributed by atoms with E-state index in [1.165, 1.54) is 7.11 Å². The molecule has 0 saturated heterocycles. The summed E-state index contributed by atoms with van der Waals surface area (Å²) in [6.07, 6.45) is -2.24. The second-order valence-corrected chi connectivity index (χ2v) is 1.51. The molecular formula is C5H12O6. The lowest BCUT2D eigenvalue weighted by Crippen LogP contribution is -2.19. The summed E-state index contributed by atoms with van der Waals surface area (Å²) >= 11 is 0. The van der Waals surface area contributed by atoms with Crippen molar-refractivity contribution < 1.29 is 30.0 Å². The van der Waals surface area contributed by atoms with Crippen molar-refractivity contribution >= 4 is 6.16 Å². The highest BCUT2D eigenvalue weighted by molar-refractivity contribution is 5.53. The van der Waals surface area contributed by atoms with Gasteiger partial charge in [0.15, 0.2) is 0 Å². The van der Waals surface area contributed by atoms with Crippen LogP contribution in [0.5, 0.6) is 0 Å². The molecule has 0 aliphatic heterocycles. The Balaban J connectivity index is 0. The van der Waals surface area contributed by atoms with Gasteiger partial charge in [0.05, 0.1) is 13.2 Å². The van der Waals surface area contributed by atoms with Crippen LogP contribution in [0.3, 0.4) is 0 Å². The number of ether oxygens (including phenoxy) is 1. The van der Waals surface area contributed by atoms with Gasteiger partial charge in [-0.2, -0.15) is 0 Å². The highest BCUT2D eigenvalue weighted by atomic mass is 16.6. The summed E-state index contributed by atoms with van der Waals surface area (Å²) in [4.78, 5) is 8.56. The predicted molar refractivity (Wildman–Crippen MR) is 35.6 cm³/mol. The third-order valence-electron chi connectivity index (χ3n) is 0.741. The number of methoxy groups -OCH3 is 1. The van der Waals surface area contributed by atoms with Gasteiger partial charge in [0.1, 0.15) is 6.10 Å². The molecule has 0 amide bonds. The van der Waals surface area contributed by atoms with Crippen LogP contribution in [-0.4, -0.2) is 53.0 Å². The van der Waals surface area contributed by atoms with Crippen molar-refractivity contribution in [1.29, 1.82) is 0 Å². The van der Waals surface area contributed by atoms with E-state index in [-0.39, 0.29) is 13.2 Å². The number of hydrogen-bond acceptors (Lipinski definition) is 4. The maximum Gasteiger partial charge on any atom is 0.503 e. The molecule has 0 heterocycles. The molecule has 0 saturated carbocycles. The van der Waals surface area contributed by atoms with Crippen LogP contribution >= 0.6 is 0 Å². The predicted octanol–water partition coefficient (Wildman–Crippen LogP) is -0.792. The maximum atomic E-state index is 8.56. The van der Waals surface area contributed by atoms with E-state index in [9.17, 15) is 0 Å². The van der Waals surface area contributed by atoms with E-state index in [4.69, 9.17) is 25.2 Å². The lowest BCUT2D eigenvalue weighted by molar-refractivity contribution is 0.00933. The van der Waals surface area contributed by atoms with Gasteiger partial charge in [-0.25, -0.2) is 4.79 Å². The Morgan fingerprint density at radius 1 is 1.36 bits per heavy atom. The molecule has 0 aliphatic carbocycles. The van der Waals surface area contributed by atoms with Gasteiger partial charge in [0.2, 0.25) is 0 Å². The monoisotopic (exact) mass is 168 g/mol. The standard InChI is InChI=1S/C4H10O3.CH2O3/c1-7-4(2-5)3-6;2-1(3)4/h4-6H,2-3H2,1H3;(H2,2,3,4). The van der Waals surface area contributed by atoms with Crippen LogP contribution in [0.15, 0.2) is 0 Å². The fraction of sp³-hybridized carbons (Fsp3) is 0.800. The molecule has 6 nitrogen and oxygen atoms in total. The van der Waals surface area contributed by atoms with Gasteiger partial charge in [-0.3, -0.25) is 0 Å². The first kappa shape index (κ1) is 12.8. The number of hydrogen-bond donors (Lipinski definition) is 4. The minimum Gasteiger partial charge on any atom is -0.450 e. The van der Waals surface area contributed by atoms with Crippen molar-refractivity contribution in [2.75, 3.05) is 20.3 Å². The second-order valence-electron chi connectivity index (χ2n) is 1.51. The Labute approximate surface area is 63.7 Å². The molecule has 6 heteroatoms. The minimum atomic E-state index is -1.83. The van der Waals surface area contributed by atoms with Crippen molar-refractivity contribution in [1.82, 2.24) is 0 Å². The van der Waals surface area contributed by atoms with Crippen LogP contribution in [0.2, 0.25) is 0 Å². The van der Waals surface area contributed by atoms with Crippen molar-refractivity contribution in [2.45, 2.75) is 6.10 Å². The van der Waals surface area contributed by atoms with Crippen molar-refractivity contribution in [2.24, 2.45) is 0 Å². The molecule has 0 aliphatic rings. The van der Waals surface area contributed by atoms with Crippen LogP contribution in [0, 0.1) is 0 Å². The first-order valence-corrected chi connectivity index (χ1v) is 2.74. The van der Waals surface area contributed by atoms with E-state index in [0.29, 0.717) is 0 Å². The van der Waals surface area contributed by atoms with Crippen LogP contribution in [-0.2, 0) is 4.74 Å². The molecule has 0 aromatic rings. The van der Waals surface area contributed by atoms with Crippen molar-refractivity contribution in [3.05, 3.63) is 0 Å². The summed E-state index contributed by atoms with van der Waals surface area (Å²) in [5, 5.41) is 30.4. The first-order valence-electron chi connectivity index (χ1n) is 2.74. The fourth-order valence-corrected chi connectivity index (χ4v) is 0.207. The molecule has 4 N–H and O–H groups in total. The lowest BCUT2D eigenvalue weighted by Gasteiger charge is -2.05. The summed E-state index contributed by atoms with van der Waals surface area (Å²) in [5.41, 5.74) is 0. The smallest absolute Gasteiger partial charge is 0.450 e. The average Bonchev–Trinajstić information content (AvgIpc) is 1.90. The molecule has 0 spiro atoms. The molecule has 0 fully saturated rings. The third-order valence-corrected chi connectivity index (χ3v) is 0.741. The number of aliphatic hydroxyl groups excluding tert-OH is 2. The summed E-state index contributed by atoms with van der Waals surface area (Å²) in [6.45, 7) is -0.236. The van der Waals surface area contributed by atoms with Crippen LogP contribution in [0.25, 0.3) is 0 Å². The van der Waals surface area contributed by atoms with Crippen LogP contribution in [0.1, 0.15) is 0 Å². The quantitative estimate of drug-likeness (QED) is 0.440. The van der Waals surface area contributed by atoms with Crippen molar-refractivity contribution in [3.63, 3.8) is 0 Å². The minimum absolute atomic E-state index is 0.118. The van der Waals surface area contributed by atoms with Crippen molar-refractivity contribution in [3.8, 4) is 0 Å². The molecule has 0 atom stereocenters. The first-order chi connectivity index (χ1) is 5.08. The van der Waals surface area contributed by atoms with Gasteiger partial charge in [-0.1, -0.05) is 0 Å². The van der Waals surface area contributed by atoms with Gasteiger partial charge in [0, 0.05) is 7.11 Å². The largest absolute Gasteiger partial charge is 0.503 e. The van der Waals surface area contributed by atoms with Gasteiger partial charge in [0.25, 0.3) is 0 Å². The molecule has 0 bridgehead atoms. The molecule has 0 unspecified atom stereocenters. The molecule has 0 aromatic heterocycles. The second kappa shape index (κ2) is 9.15. The van der Waals surface area contributed by atoms with Gasteiger partial charge in [-0.15, -0.1) is 0 Å². The zero-order valence-electron chi connectivity index (χ0n) is 6.10. The zero-order chi connectivity index (χ0) is 9.28. The van der Waals surface area contributed by atoms with E-state index < -0.39 is 12.3 Å². The Bertz CT molecular complexity index is 79.5. The Hall–Kier alpha value is -0.850. The van der Waals surface area contributed by atoms with Crippen LogP contribution in [0.4, 0.5) is 4.79 Å². The molecular weight excluding hydrogens is 156 g/mol. The van der Waals surface area contributed by atoms with E-state index in [1.54, 1.807) is 0 Å². The molecule has 68 valence electrons. The molecule has 0 rings (SSSR count). The normalized spacial score (nSPS) is 8.73. The maximum absolute atomic E-state index is 8.56. The summed E-state index contributed by atoms with van der Waals surface area (Å²) < 4.78 is 4.55. The SMILES string of the molecule is COC(CO)CO.O=C(O)O. The highest BCUT2D eigenvalue weighted by Crippen LogP contribution is 1.82.